The monoisotopic (exact) mass is 1540 g/mol. The van der Waals surface area contributed by atoms with Gasteiger partial charge in [0.15, 0.2) is 0 Å². The normalized spacial score (nSPS) is 15.7. The van der Waals surface area contributed by atoms with Gasteiger partial charge in [0.05, 0.1) is 89.4 Å². The number of nitrogens with zero attached hydrogens (tertiary/aromatic N) is 12. The number of rotatable bonds is 12. The summed E-state index contributed by atoms with van der Waals surface area (Å²) in [5.74, 6) is 0.186. The first kappa shape index (κ1) is 75.7. The zero-order valence-electron chi connectivity index (χ0n) is 57.2. The van der Waals surface area contributed by atoms with E-state index in [1.54, 1.807) is 62.1 Å². The number of hydrogen-bond acceptors (Lipinski definition) is 18. The third-order valence-corrected chi connectivity index (χ3v) is 21.7. The van der Waals surface area contributed by atoms with Gasteiger partial charge in [0.2, 0.25) is 26.0 Å². The number of methoxy groups -OCH3 is 1. The number of pyridine rings is 1. The van der Waals surface area contributed by atoms with Crippen LogP contribution in [0, 0.1) is 0 Å². The molecule has 6 N–H and O–H groups in total. The number of H-pyrrole nitrogens is 5. The number of carbonyl (C=O) groups is 2. The van der Waals surface area contributed by atoms with Gasteiger partial charge in [0, 0.05) is 175 Å². The maximum atomic E-state index is 12.5. The van der Waals surface area contributed by atoms with Crippen molar-refractivity contribution in [2.75, 3.05) is 113 Å². The highest BCUT2D eigenvalue weighted by Gasteiger charge is 2.34. The number of nitrogens with one attached hydrogen (secondary N) is 6. The lowest BCUT2D eigenvalue weighted by Gasteiger charge is -2.38. The molecular weight excluding hydrogens is 1470 g/mol. The number of likely N-dealkylation sites (N-methyl/N-ethyl adjacent to an activating group) is 2. The molecule has 6 aromatic heterocycles. The van der Waals surface area contributed by atoms with E-state index in [1.807, 2.05) is 90.9 Å². The predicted molar refractivity (Wildman–Crippen MR) is 402 cm³/mol. The van der Waals surface area contributed by atoms with E-state index in [0.717, 1.165) is 121 Å². The lowest BCUT2D eigenvalue weighted by Crippen LogP contribution is -2.48. The zero-order chi connectivity index (χ0) is 74.4. The maximum Gasteiger partial charge on any atom is 0.573 e. The Kier molecular flexibility index (Phi) is 23.5. The summed E-state index contributed by atoms with van der Waals surface area (Å²) in [6.45, 7) is 6.62. The van der Waals surface area contributed by atoms with Gasteiger partial charge in [0.25, 0.3) is 0 Å². The summed E-state index contributed by atoms with van der Waals surface area (Å²) in [5.41, 5.74) is 11.2. The summed E-state index contributed by atoms with van der Waals surface area (Å²) in [5, 5.41) is 44.8. The molecule has 0 spiro atoms. The molecule has 1 amide bonds. The number of benzene rings is 6. The first-order chi connectivity index (χ1) is 49.5. The first-order valence-corrected chi connectivity index (χ1v) is 37.7. The topological polar surface area (TPSA) is 309 Å². The van der Waals surface area contributed by atoms with Crippen LogP contribution >= 0.6 is 46.4 Å². The van der Waals surface area contributed by atoms with Gasteiger partial charge >= 0.3 is 12.3 Å². The van der Waals surface area contributed by atoms with Gasteiger partial charge < -0.3 is 34.4 Å². The van der Waals surface area contributed by atoms with Crippen LogP contribution in [0.15, 0.2) is 134 Å². The van der Waals surface area contributed by atoms with Crippen LogP contribution in [0.1, 0.15) is 36.5 Å². The minimum Gasteiger partial charge on any atom is -0.465 e. The Morgan fingerprint density at radius 1 is 0.538 bits per heavy atom. The van der Waals surface area contributed by atoms with Crippen molar-refractivity contribution >= 4 is 156 Å². The van der Waals surface area contributed by atoms with Crippen molar-refractivity contribution in [2.24, 2.45) is 0 Å². The van der Waals surface area contributed by atoms with Crippen molar-refractivity contribution in [3.05, 3.63) is 160 Å². The number of halogens is 7. The van der Waals surface area contributed by atoms with Gasteiger partial charge in [-0.2, -0.15) is 25.5 Å². The molecule has 2 atom stereocenters. The van der Waals surface area contributed by atoms with Crippen LogP contribution in [-0.4, -0.2) is 210 Å². The third-order valence-electron chi connectivity index (χ3n) is 18.1. The van der Waals surface area contributed by atoms with Crippen LogP contribution < -0.4 is 24.8 Å². The number of ether oxygens (including phenoxy) is 2. The molecule has 9 heterocycles. The molecule has 104 heavy (non-hydrogen) atoms. The van der Waals surface area contributed by atoms with Crippen LogP contribution in [0.2, 0.25) is 20.1 Å². The highest BCUT2D eigenvalue weighted by atomic mass is 35.5. The highest BCUT2D eigenvalue weighted by molar-refractivity contribution is 7.88. The van der Waals surface area contributed by atoms with Crippen LogP contribution in [0.5, 0.6) is 5.75 Å². The number of carbonyl (C=O) groups excluding carboxylic acids is 2. The fraction of sp³-hybridized carbons (Fsp3) is 0.304. The summed E-state index contributed by atoms with van der Waals surface area (Å²) < 4.78 is 95.9. The van der Waals surface area contributed by atoms with Gasteiger partial charge in [0.1, 0.15) is 11.6 Å². The minimum absolute atomic E-state index is 0.00716. The molecule has 15 rings (SSSR count). The van der Waals surface area contributed by atoms with Crippen LogP contribution in [0.4, 0.5) is 36.1 Å². The van der Waals surface area contributed by atoms with E-state index in [0.29, 0.717) is 76.1 Å². The number of piperazine rings is 1. The van der Waals surface area contributed by atoms with E-state index in [1.165, 1.54) is 47.3 Å². The van der Waals surface area contributed by atoms with Crippen molar-refractivity contribution in [2.45, 2.75) is 44.6 Å². The van der Waals surface area contributed by atoms with Gasteiger partial charge in [-0.05, 0) is 109 Å². The summed E-state index contributed by atoms with van der Waals surface area (Å²) in [6, 6.07) is 28.7. The SMILES string of the molecule is CC(=O)N1CCN(c2cc(OC(F)(F)F)cc3[nH]ncc23)CC1.CN(C1CCCN(c2cc(Cl)cc3[nH]ncc23)C1)S(C)(=O)=O.CN(C1CCN(c2cc(Cl)cc3[nH]ncc23)C1)S(C)(=O)=O.CNc1ccc(-c2cc(Cl)cc3[nH]ncc23)cn1.COC(=O)c1ccc(-c2cc(Cl)cc3[nH]ncc23)cc1. The van der Waals surface area contributed by atoms with Crippen molar-refractivity contribution < 1.29 is 49.1 Å². The van der Waals surface area contributed by atoms with Gasteiger partial charge in [-0.25, -0.2) is 35.2 Å². The zero-order valence-corrected chi connectivity index (χ0v) is 61.9. The van der Waals surface area contributed by atoms with E-state index in [9.17, 15) is 39.6 Å². The Morgan fingerprint density at radius 3 is 1.40 bits per heavy atom. The fourth-order valence-corrected chi connectivity index (χ4v) is 14.9. The molecule has 12 aromatic rings. The number of anilines is 4. The van der Waals surface area contributed by atoms with E-state index >= 15 is 0 Å². The molecule has 3 aliphatic rings. The number of aromatic nitrogens is 11. The first-order valence-electron chi connectivity index (χ1n) is 32.4. The maximum absolute atomic E-state index is 12.5. The van der Waals surface area contributed by atoms with E-state index in [2.05, 4.69) is 80.6 Å². The lowest BCUT2D eigenvalue weighted by molar-refractivity contribution is -0.274. The number of aromatic amines is 5. The fourth-order valence-electron chi connectivity index (χ4n) is 12.6. The molecule has 0 bridgehead atoms. The predicted octanol–water partition coefficient (Wildman–Crippen LogP) is 12.9. The summed E-state index contributed by atoms with van der Waals surface area (Å²) in [7, 11) is 0.132. The lowest BCUT2D eigenvalue weighted by atomic mass is 10.0. The van der Waals surface area contributed by atoms with Crippen molar-refractivity contribution in [3.8, 4) is 28.0 Å². The van der Waals surface area contributed by atoms with Crippen LogP contribution in [0.3, 0.4) is 0 Å². The number of sulfonamides is 2. The summed E-state index contributed by atoms with van der Waals surface area (Å²) in [4.78, 5) is 35.1. The molecule has 548 valence electrons. The van der Waals surface area contributed by atoms with Crippen molar-refractivity contribution in [3.63, 3.8) is 0 Å². The van der Waals surface area contributed by atoms with Crippen molar-refractivity contribution in [1.29, 1.82) is 0 Å². The molecule has 3 aliphatic heterocycles. The summed E-state index contributed by atoms with van der Waals surface area (Å²) >= 11 is 24.6. The third kappa shape index (κ3) is 18.2. The molecule has 0 aliphatic carbocycles. The average Bonchev–Trinajstić information content (AvgIpc) is 1.38. The van der Waals surface area contributed by atoms with E-state index in [-0.39, 0.29) is 29.7 Å². The number of piperidine rings is 1. The number of fused-ring (bicyclic) bond motifs is 5. The molecule has 35 heteroatoms. The molecular formula is C69H73Cl4F3N18O8S2. The largest absolute Gasteiger partial charge is 0.573 e. The minimum atomic E-state index is -4.75. The number of esters is 1. The van der Waals surface area contributed by atoms with Gasteiger partial charge in [-0.15, -0.1) is 13.2 Å². The average molecular weight is 1550 g/mol. The van der Waals surface area contributed by atoms with Crippen LogP contribution in [-0.2, 0) is 29.6 Å². The molecule has 3 fully saturated rings. The highest BCUT2D eigenvalue weighted by Crippen LogP contribution is 2.38. The van der Waals surface area contributed by atoms with Crippen molar-refractivity contribution in [1.82, 2.24) is 69.5 Å². The Balaban J connectivity index is 0.000000130. The Labute approximate surface area is 616 Å². The second-order valence-electron chi connectivity index (χ2n) is 24.8. The smallest absolute Gasteiger partial charge is 0.465 e. The molecule has 2 unspecified atom stereocenters. The molecule has 26 nitrogen and oxygen atoms in total. The van der Waals surface area contributed by atoms with E-state index < -0.39 is 26.4 Å². The van der Waals surface area contributed by atoms with E-state index in [4.69, 9.17) is 46.4 Å². The van der Waals surface area contributed by atoms with Crippen LogP contribution in [0.25, 0.3) is 76.8 Å². The van der Waals surface area contributed by atoms with Gasteiger partial charge in [-0.3, -0.25) is 30.3 Å². The summed E-state index contributed by atoms with van der Waals surface area (Å²) in [6.07, 6.45) is 10.9. The quantitative estimate of drug-likeness (QED) is 0.0619. The standard InChI is InChI=1S/C15H11ClN2O2.C14H19ClN4O2S.C14H15F3N4O2.C13H17ClN4O2S.C13H11ClN4/c1-20-15(19)10-4-2-9(3-5-10)12-6-11(16)7-14-13(12)8-17-18-14;1-18(22(2,20)21)11-4-3-5-19(9-11)14-7-10(15)6-13-12(14)8-16-17-13;1-9(22)20-2-4-21(5-3-20)13-7-10(23-14(15,16)17)6-12-11(13)8-18-19-12;1-17(21(2,19)20)10-3-4-18(8-10)13-6-9(14)5-12-11(13)7-15-16-12;1-15-13-3-2-8(6-16-13)10-4-9(14)5-12-11(10)7-17-18-12/h2-8H,1H3,(H,17,18);6-8,11H,3-5,9H2,1-2H3,(H,16,17);6-8H,2-5H2,1H3,(H,18,19);5-7,10H,3-4,8H2,1-2H3,(H,15,16);2-7H,1H3,(H,15,16)(H,17,18). The Bertz CT molecular complexity index is 5270. The Morgan fingerprint density at radius 2 is 0.962 bits per heavy atom. The number of hydrogen-bond donors (Lipinski definition) is 6. The number of amides is 1. The second-order valence-corrected chi connectivity index (χ2v) is 30.7. The molecule has 0 saturated carbocycles. The molecule has 0 radical (unpaired) electrons. The number of alkyl halides is 3. The second kappa shape index (κ2) is 32.3. The van der Waals surface area contributed by atoms with Gasteiger partial charge in [-0.1, -0.05) is 58.5 Å². The molecule has 3 saturated heterocycles. The molecule has 6 aromatic carbocycles. The Hall–Kier alpha value is -9.47.